The third-order valence-corrected chi connectivity index (χ3v) is 5.59. The Morgan fingerprint density at radius 3 is 2.33 bits per heavy atom. The smallest absolute Gasteiger partial charge is 0.237 e. The van der Waals surface area contributed by atoms with Crippen molar-refractivity contribution in [3.8, 4) is 5.75 Å². The van der Waals surface area contributed by atoms with E-state index in [9.17, 15) is 13.5 Å². The summed E-state index contributed by atoms with van der Waals surface area (Å²) in [6.07, 6.45) is 1.29. The minimum atomic E-state index is -3.32. The number of phenols is 1. The van der Waals surface area contributed by atoms with Gasteiger partial charge in [0.1, 0.15) is 5.75 Å². The Kier molecular flexibility index (Phi) is 3.77. The number of piperidine rings is 1. The van der Waals surface area contributed by atoms with E-state index in [-0.39, 0.29) is 11.0 Å². The Labute approximate surface area is 107 Å². The number of nitrogens with one attached hydrogen (secondary N) is 1. The van der Waals surface area contributed by atoms with Gasteiger partial charge in [-0.25, -0.2) is 8.42 Å². The summed E-state index contributed by atoms with van der Waals surface area (Å²) in [5, 5.41) is 12.0. The molecule has 0 unspecified atom stereocenters. The molecule has 0 amide bonds. The van der Waals surface area contributed by atoms with Crippen LogP contribution < -0.4 is 9.62 Å². The molecule has 1 aromatic rings. The van der Waals surface area contributed by atoms with Crippen molar-refractivity contribution in [2.45, 2.75) is 18.1 Å². The third-order valence-electron chi connectivity index (χ3n) is 3.30. The number of aromatic hydroxyl groups is 1. The first-order chi connectivity index (χ1) is 8.51. The number of nitrogens with zero attached hydrogens (tertiary/aromatic N) is 1. The molecule has 1 aliphatic heterocycles. The molecule has 0 aromatic heterocycles. The quantitative estimate of drug-likeness (QED) is 0.856. The predicted molar refractivity (Wildman–Crippen MR) is 71.3 cm³/mol. The van der Waals surface area contributed by atoms with Crippen LogP contribution in [0, 0.1) is 0 Å². The monoisotopic (exact) mass is 270 g/mol. The molecule has 0 bridgehead atoms. The van der Waals surface area contributed by atoms with Gasteiger partial charge in [0.2, 0.25) is 10.0 Å². The van der Waals surface area contributed by atoms with Crippen molar-refractivity contribution < 1.29 is 13.5 Å². The van der Waals surface area contributed by atoms with Gasteiger partial charge in [-0.1, -0.05) is 0 Å². The molecule has 0 radical (unpaired) electrons. The van der Waals surface area contributed by atoms with Gasteiger partial charge in [-0.15, -0.1) is 0 Å². The SMILES string of the molecule is CN(c1ccc(O)cc1)S(=O)(=O)C1CCNCC1. The van der Waals surface area contributed by atoms with Gasteiger partial charge in [0.15, 0.2) is 0 Å². The van der Waals surface area contributed by atoms with Crippen LogP contribution >= 0.6 is 0 Å². The molecule has 1 heterocycles. The van der Waals surface area contributed by atoms with E-state index in [1.165, 1.54) is 16.4 Å². The van der Waals surface area contributed by atoms with Crippen molar-refractivity contribution in [1.82, 2.24) is 5.32 Å². The number of rotatable bonds is 3. The predicted octanol–water partition coefficient (Wildman–Crippen LogP) is 0.910. The van der Waals surface area contributed by atoms with Crippen LogP contribution in [0.5, 0.6) is 5.75 Å². The van der Waals surface area contributed by atoms with Crippen molar-refractivity contribution in [2.75, 3.05) is 24.4 Å². The number of hydrogen-bond donors (Lipinski definition) is 2. The Morgan fingerprint density at radius 1 is 1.22 bits per heavy atom. The first kappa shape index (κ1) is 13.2. The summed E-state index contributed by atoms with van der Waals surface area (Å²) in [4.78, 5) is 0. The van der Waals surface area contributed by atoms with E-state index < -0.39 is 10.0 Å². The minimum absolute atomic E-state index is 0.131. The van der Waals surface area contributed by atoms with Crippen LogP contribution in [0.3, 0.4) is 0 Å². The van der Waals surface area contributed by atoms with Crippen LogP contribution in [0.15, 0.2) is 24.3 Å². The lowest BCUT2D eigenvalue weighted by atomic mass is 10.2. The molecule has 0 aliphatic carbocycles. The van der Waals surface area contributed by atoms with Crippen LogP contribution in [0.2, 0.25) is 0 Å². The molecule has 1 aromatic carbocycles. The van der Waals surface area contributed by atoms with Gasteiger partial charge in [0, 0.05) is 7.05 Å². The van der Waals surface area contributed by atoms with Crippen molar-refractivity contribution in [1.29, 1.82) is 0 Å². The summed E-state index contributed by atoms with van der Waals surface area (Å²) >= 11 is 0. The first-order valence-electron chi connectivity index (χ1n) is 5.99. The highest BCUT2D eigenvalue weighted by molar-refractivity contribution is 7.93. The van der Waals surface area contributed by atoms with Crippen LogP contribution in [0.4, 0.5) is 5.69 Å². The fourth-order valence-electron chi connectivity index (χ4n) is 2.13. The Morgan fingerprint density at radius 2 is 1.78 bits per heavy atom. The van der Waals surface area contributed by atoms with E-state index in [1.807, 2.05) is 0 Å². The number of benzene rings is 1. The lowest BCUT2D eigenvalue weighted by molar-refractivity contribution is 0.475. The van der Waals surface area contributed by atoms with Gasteiger partial charge in [-0.3, -0.25) is 4.31 Å². The Bertz CT molecular complexity index is 493. The highest BCUT2D eigenvalue weighted by Crippen LogP contribution is 2.24. The zero-order valence-corrected chi connectivity index (χ0v) is 11.2. The molecule has 1 aliphatic rings. The van der Waals surface area contributed by atoms with Gasteiger partial charge in [-0.2, -0.15) is 0 Å². The van der Waals surface area contributed by atoms with E-state index in [1.54, 1.807) is 19.2 Å². The topological polar surface area (TPSA) is 69.6 Å². The van der Waals surface area contributed by atoms with Crippen LogP contribution in [-0.2, 0) is 10.0 Å². The summed E-state index contributed by atoms with van der Waals surface area (Å²) in [7, 11) is -1.76. The number of anilines is 1. The minimum Gasteiger partial charge on any atom is -0.508 e. The standard InChI is InChI=1S/C12H18N2O3S/c1-14(10-2-4-11(15)5-3-10)18(16,17)12-6-8-13-9-7-12/h2-5,12-13,15H,6-9H2,1H3. The van der Waals surface area contributed by atoms with Gasteiger partial charge in [0.05, 0.1) is 10.9 Å². The largest absolute Gasteiger partial charge is 0.508 e. The molecule has 2 N–H and O–H groups in total. The van der Waals surface area contributed by atoms with E-state index in [4.69, 9.17) is 0 Å². The average molecular weight is 270 g/mol. The molecule has 0 atom stereocenters. The molecule has 100 valence electrons. The Balaban J connectivity index is 2.20. The van der Waals surface area contributed by atoms with Gasteiger partial charge >= 0.3 is 0 Å². The second kappa shape index (κ2) is 5.16. The number of phenolic OH excluding ortho intramolecular Hbond substituents is 1. The van der Waals surface area contributed by atoms with E-state index >= 15 is 0 Å². The summed E-state index contributed by atoms with van der Waals surface area (Å²) < 4.78 is 26.1. The second-order valence-corrected chi connectivity index (χ2v) is 6.72. The molecular formula is C12H18N2O3S. The summed E-state index contributed by atoms with van der Waals surface area (Å²) in [6.45, 7) is 1.49. The molecule has 0 spiro atoms. The van der Waals surface area contributed by atoms with E-state index in [0.29, 0.717) is 18.5 Å². The molecule has 18 heavy (non-hydrogen) atoms. The molecule has 0 saturated carbocycles. The van der Waals surface area contributed by atoms with Crippen molar-refractivity contribution >= 4 is 15.7 Å². The summed E-state index contributed by atoms with van der Waals surface area (Å²) in [5.74, 6) is 0.131. The zero-order valence-electron chi connectivity index (χ0n) is 10.3. The van der Waals surface area contributed by atoms with Crippen molar-refractivity contribution in [2.24, 2.45) is 0 Å². The van der Waals surface area contributed by atoms with Crippen molar-refractivity contribution in [3.63, 3.8) is 0 Å². The first-order valence-corrected chi connectivity index (χ1v) is 7.49. The third kappa shape index (κ3) is 2.59. The average Bonchev–Trinajstić information content (AvgIpc) is 2.40. The van der Waals surface area contributed by atoms with Gasteiger partial charge in [0.25, 0.3) is 0 Å². The number of sulfonamides is 1. The van der Waals surface area contributed by atoms with Crippen LogP contribution in [0.1, 0.15) is 12.8 Å². The molecule has 1 saturated heterocycles. The summed E-state index contributed by atoms with van der Waals surface area (Å²) in [5.41, 5.74) is 0.575. The van der Waals surface area contributed by atoms with Gasteiger partial charge < -0.3 is 10.4 Å². The molecule has 6 heteroatoms. The molecule has 5 nitrogen and oxygen atoms in total. The van der Waals surface area contributed by atoms with Crippen LogP contribution in [0.25, 0.3) is 0 Å². The summed E-state index contributed by atoms with van der Waals surface area (Å²) in [6, 6.07) is 6.19. The van der Waals surface area contributed by atoms with E-state index in [0.717, 1.165) is 13.1 Å². The normalized spacial score (nSPS) is 17.6. The van der Waals surface area contributed by atoms with Gasteiger partial charge in [-0.05, 0) is 50.2 Å². The second-order valence-electron chi connectivity index (χ2n) is 4.48. The number of hydrogen-bond acceptors (Lipinski definition) is 4. The fourth-order valence-corrected chi connectivity index (χ4v) is 3.82. The maximum absolute atomic E-state index is 12.4. The maximum Gasteiger partial charge on any atom is 0.237 e. The van der Waals surface area contributed by atoms with E-state index in [2.05, 4.69) is 5.32 Å². The lowest BCUT2D eigenvalue weighted by Crippen LogP contribution is -2.42. The highest BCUT2D eigenvalue weighted by atomic mass is 32.2. The lowest BCUT2D eigenvalue weighted by Gasteiger charge is -2.28. The molecule has 2 rings (SSSR count). The maximum atomic E-state index is 12.4. The molecular weight excluding hydrogens is 252 g/mol. The highest BCUT2D eigenvalue weighted by Gasteiger charge is 2.31. The Hall–Kier alpha value is -1.27. The van der Waals surface area contributed by atoms with Crippen LogP contribution in [-0.4, -0.2) is 38.9 Å². The molecule has 1 fully saturated rings. The fraction of sp³-hybridized carbons (Fsp3) is 0.500. The van der Waals surface area contributed by atoms with Crippen molar-refractivity contribution in [3.05, 3.63) is 24.3 Å². The zero-order chi connectivity index (χ0) is 13.2.